The molecule has 1 unspecified atom stereocenters. The maximum atomic E-state index is 12.0. The minimum absolute atomic E-state index is 0.0592. The Bertz CT molecular complexity index is 415. The SMILES string of the molecule is CCCCOC(=O)C(Cc1cccc(O)c1)OC(C)C. The molecule has 1 aromatic rings. The van der Waals surface area contributed by atoms with Gasteiger partial charge >= 0.3 is 5.97 Å². The fraction of sp³-hybridized carbons (Fsp3) is 0.562. The number of carbonyl (C=O) groups is 1. The van der Waals surface area contributed by atoms with Crippen LogP contribution in [0.15, 0.2) is 24.3 Å². The summed E-state index contributed by atoms with van der Waals surface area (Å²) in [5.41, 5.74) is 0.850. The zero-order chi connectivity index (χ0) is 15.0. The van der Waals surface area contributed by atoms with Crippen LogP contribution in [0.2, 0.25) is 0 Å². The number of ether oxygens (including phenoxy) is 2. The Kier molecular flexibility index (Phi) is 7.09. The predicted octanol–water partition coefficient (Wildman–Crippen LogP) is 3.07. The van der Waals surface area contributed by atoms with Crippen LogP contribution in [0, 0.1) is 0 Å². The Morgan fingerprint density at radius 1 is 1.35 bits per heavy atom. The maximum Gasteiger partial charge on any atom is 0.335 e. The number of rotatable bonds is 8. The third-order valence-electron chi connectivity index (χ3n) is 2.77. The molecule has 0 radical (unpaired) electrons. The molecule has 20 heavy (non-hydrogen) atoms. The molecule has 0 aromatic heterocycles. The second-order valence-corrected chi connectivity index (χ2v) is 5.07. The van der Waals surface area contributed by atoms with E-state index in [1.807, 2.05) is 26.8 Å². The van der Waals surface area contributed by atoms with E-state index in [4.69, 9.17) is 9.47 Å². The molecule has 1 aromatic carbocycles. The van der Waals surface area contributed by atoms with Gasteiger partial charge in [0.1, 0.15) is 5.75 Å². The summed E-state index contributed by atoms with van der Waals surface area (Å²) in [4.78, 5) is 12.0. The molecule has 1 N–H and O–H groups in total. The van der Waals surface area contributed by atoms with E-state index in [0.29, 0.717) is 13.0 Å². The summed E-state index contributed by atoms with van der Waals surface area (Å²) in [5.74, 6) is -0.152. The van der Waals surface area contributed by atoms with Gasteiger partial charge in [0, 0.05) is 6.42 Å². The molecule has 0 bridgehead atoms. The zero-order valence-corrected chi connectivity index (χ0v) is 12.5. The summed E-state index contributed by atoms with van der Waals surface area (Å²) < 4.78 is 10.9. The first-order valence-electron chi connectivity index (χ1n) is 7.13. The lowest BCUT2D eigenvalue weighted by molar-refractivity contribution is -0.160. The molecule has 0 fully saturated rings. The summed E-state index contributed by atoms with van der Waals surface area (Å²) in [6, 6.07) is 6.84. The molecule has 0 amide bonds. The van der Waals surface area contributed by atoms with Crippen molar-refractivity contribution in [3.63, 3.8) is 0 Å². The van der Waals surface area contributed by atoms with Crippen LogP contribution in [0.5, 0.6) is 5.75 Å². The minimum Gasteiger partial charge on any atom is -0.508 e. The summed E-state index contributed by atoms with van der Waals surface area (Å²) in [5, 5.41) is 9.46. The van der Waals surface area contributed by atoms with Gasteiger partial charge in [-0.1, -0.05) is 25.5 Å². The largest absolute Gasteiger partial charge is 0.508 e. The minimum atomic E-state index is -0.631. The first kappa shape index (κ1) is 16.5. The smallest absolute Gasteiger partial charge is 0.335 e. The molecule has 0 spiro atoms. The highest BCUT2D eigenvalue weighted by Gasteiger charge is 2.22. The Hall–Kier alpha value is -1.55. The predicted molar refractivity (Wildman–Crippen MR) is 77.7 cm³/mol. The van der Waals surface area contributed by atoms with Crippen LogP contribution in [-0.2, 0) is 20.7 Å². The number of hydrogen-bond donors (Lipinski definition) is 1. The fourth-order valence-corrected chi connectivity index (χ4v) is 1.82. The van der Waals surface area contributed by atoms with Gasteiger partial charge in [-0.25, -0.2) is 4.79 Å². The Morgan fingerprint density at radius 2 is 2.10 bits per heavy atom. The molecule has 0 heterocycles. The van der Waals surface area contributed by atoms with Crippen molar-refractivity contribution in [1.29, 1.82) is 0 Å². The highest BCUT2D eigenvalue weighted by Crippen LogP contribution is 2.15. The van der Waals surface area contributed by atoms with Crippen molar-refractivity contribution in [3.8, 4) is 5.75 Å². The van der Waals surface area contributed by atoms with Crippen LogP contribution < -0.4 is 0 Å². The normalized spacial score (nSPS) is 12.4. The van der Waals surface area contributed by atoms with E-state index in [9.17, 15) is 9.90 Å². The highest BCUT2D eigenvalue weighted by atomic mass is 16.6. The van der Waals surface area contributed by atoms with Crippen molar-refractivity contribution < 1.29 is 19.4 Å². The van der Waals surface area contributed by atoms with Crippen molar-refractivity contribution in [2.75, 3.05) is 6.61 Å². The van der Waals surface area contributed by atoms with Crippen molar-refractivity contribution in [1.82, 2.24) is 0 Å². The van der Waals surface area contributed by atoms with Crippen molar-refractivity contribution in [3.05, 3.63) is 29.8 Å². The topological polar surface area (TPSA) is 55.8 Å². The molecule has 0 saturated carbocycles. The van der Waals surface area contributed by atoms with E-state index in [1.54, 1.807) is 18.2 Å². The van der Waals surface area contributed by atoms with Crippen LogP contribution in [0.25, 0.3) is 0 Å². The van der Waals surface area contributed by atoms with E-state index in [2.05, 4.69) is 0 Å². The lowest BCUT2D eigenvalue weighted by Gasteiger charge is -2.19. The van der Waals surface area contributed by atoms with Crippen molar-refractivity contribution in [2.24, 2.45) is 0 Å². The molecule has 4 heteroatoms. The number of hydrogen-bond acceptors (Lipinski definition) is 4. The summed E-state index contributed by atoms with van der Waals surface area (Å²) >= 11 is 0. The van der Waals surface area contributed by atoms with Crippen LogP contribution in [0.3, 0.4) is 0 Å². The molecule has 0 aliphatic heterocycles. The lowest BCUT2D eigenvalue weighted by Crippen LogP contribution is -2.31. The number of phenolic OH excluding ortho intramolecular Hbond substituents is 1. The van der Waals surface area contributed by atoms with E-state index in [-0.39, 0.29) is 17.8 Å². The van der Waals surface area contributed by atoms with Gasteiger partial charge in [0.05, 0.1) is 12.7 Å². The average Bonchev–Trinajstić information content (AvgIpc) is 2.37. The highest BCUT2D eigenvalue weighted by molar-refractivity contribution is 5.75. The Morgan fingerprint density at radius 3 is 2.70 bits per heavy atom. The molecular weight excluding hydrogens is 256 g/mol. The third kappa shape index (κ3) is 6.06. The Balaban J connectivity index is 2.66. The molecule has 1 rings (SSSR count). The third-order valence-corrected chi connectivity index (χ3v) is 2.77. The molecule has 0 aliphatic carbocycles. The molecule has 112 valence electrons. The number of esters is 1. The summed E-state index contributed by atoms with van der Waals surface area (Å²) in [6.45, 7) is 6.24. The first-order chi connectivity index (χ1) is 9.52. The van der Waals surface area contributed by atoms with Gasteiger partial charge in [-0.15, -0.1) is 0 Å². The number of carbonyl (C=O) groups excluding carboxylic acids is 1. The van der Waals surface area contributed by atoms with Gasteiger partial charge in [0.25, 0.3) is 0 Å². The molecule has 0 saturated heterocycles. The second kappa shape index (κ2) is 8.59. The van der Waals surface area contributed by atoms with Crippen LogP contribution in [0.1, 0.15) is 39.2 Å². The second-order valence-electron chi connectivity index (χ2n) is 5.07. The fourth-order valence-electron chi connectivity index (χ4n) is 1.82. The average molecular weight is 280 g/mol. The van der Waals surface area contributed by atoms with E-state index in [0.717, 1.165) is 18.4 Å². The molecule has 4 nitrogen and oxygen atoms in total. The van der Waals surface area contributed by atoms with E-state index < -0.39 is 6.10 Å². The summed E-state index contributed by atoms with van der Waals surface area (Å²) in [6.07, 6.45) is 1.55. The van der Waals surface area contributed by atoms with Crippen LogP contribution in [-0.4, -0.2) is 29.9 Å². The monoisotopic (exact) mass is 280 g/mol. The first-order valence-corrected chi connectivity index (χ1v) is 7.13. The Labute approximate surface area is 120 Å². The number of aromatic hydroxyl groups is 1. The van der Waals surface area contributed by atoms with Crippen molar-refractivity contribution >= 4 is 5.97 Å². The van der Waals surface area contributed by atoms with Crippen LogP contribution in [0.4, 0.5) is 0 Å². The molecular formula is C16H24O4. The van der Waals surface area contributed by atoms with Gasteiger partial charge < -0.3 is 14.6 Å². The number of unbranched alkanes of at least 4 members (excludes halogenated alkanes) is 1. The van der Waals surface area contributed by atoms with Crippen molar-refractivity contribution in [2.45, 2.75) is 52.2 Å². The van der Waals surface area contributed by atoms with Gasteiger partial charge in [-0.3, -0.25) is 0 Å². The van der Waals surface area contributed by atoms with E-state index in [1.165, 1.54) is 0 Å². The van der Waals surface area contributed by atoms with Gasteiger partial charge in [0.15, 0.2) is 6.10 Å². The standard InChI is InChI=1S/C16H24O4/c1-4-5-9-19-16(18)15(20-12(2)3)11-13-7-6-8-14(17)10-13/h6-8,10,12,15,17H,4-5,9,11H2,1-3H3. The van der Waals surface area contributed by atoms with E-state index >= 15 is 0 Å². The van der Waals surface area contributed by atoms with Gasteiger partial charge in [-0.05, 0) is 38.0 Å². The zero-order valence-electron chi connectivity index (χ0n) is 12.5. The quantitative estimate of drug-likeness (QED) is 0.587. The molecule has 1 atom stereocenters. The maximum absolute atomic E-state index is 12.0. The van der Waals surface area contributed by atoms with Gasteiger partial charge in [-0.2, -0.15) is 0 Å². The van der Waals surface area contributed by atoms with Crippen LogP contribution >= 0.6 is 0 Å². The number of phenols is 1. The van der Waals surface area contributed by atoms with Gasteiger partial charge in [0.2, 0.25) is 0 Å². The summed E-state index contributed by atoms with van der Waals surface area (Å²) in [7, 11) is 0. The number of benzene rings is 1. The molecule has 0 aliphatic rings. The lowest BCUT2D eigenvalue weighted by atomic mass is 10.1.